The number of benzene rings is 2. The van der Waals surface area contributed by atoms with E-state index in [1.807, 2.05) is 46.2 Å². The zero-order chi connectivity index (χ0) is 23.4. The molecule has 176 valence electrons. The van der Waals surface area contributed by atoms with Crippen LogP contribution in [-0.4, -0.2) is 52.3 Å². The summed E-state index contributed by atoms with van der Waals surface area (Å²) < 4.78 is 5.49. The molecule has 6 nitrogen and oxygen atoms in total. The number of hydrogen-bond donors (Lipinski definition) is 1. The van der Waals surface area contributed by atoms with Gasteiger partial charge in [-0.1, -0.05) is 37.3 Å². The molecule has 1 saturated heterocycles. The highest BCUT2D eigenvalue weighted by atomic mass is 16.5. The topological polar surface area (TPSA) is 65.6 Å². The molecule has 1 saturated carbocycles. The van der Waals surface area contributed by atoms with E-state index in [1.165, 1.54) is 0 Å². The first kappa shape index (κ1) is 21.3. The molecule has 2 fully saturated rings. The Kier molecular flexibility index (Phi) is 5.12. The van der Waals surface area contributed by atoms with E-state index in [4.69, 9.17) is 4.74 Å². The van der Waals surface area contributed by atoms with Crippen LogP contribution in [0.3, 0.4) is 0 Å². The smallest absolute Gasteiger partial charge is 0.246 e. The Morgan fingerprint density at radius 1 is 1.00 bits per heavy atom. The van der Waals surface area contributed by atoms with Crippen molar-refractivity contribution in [2.24, 2.45) is 5.92 Å². The third-order valence-corrected chi connectivity index (χ3v) is 8.13. The zero-order valence-electron chi connectivity index (χ0n) is 19.8. The molecule has 0 radical (unpaired) electrons. The van der Waals surface area contributed by atoms with Gasteiger partial charge in [-0.15, -0.1) is 0 Å². The van der Waals surface area contributed by atoms with Crippen molar-refractivity contribution in [2.75, 3.05) is 13.7 Å². The average molecular weight is 458 g/mol. The second-order valence-corrected chi connectivity index (χ2v) is 10.1. The molecule has 34 heavy (non-hydrogen) atoms. The van der Waals surface area contributed by atoms with E-state index < -0.39 is 6.04 Å². The number of hydrogen-bond acceptors (Lipinski definition) is 3. The Bertz CT molecular complexity index is 1260. The van der Waals surface area contributed by atoms with E-state index in [0.29, 0.717) is 12.3 Å². The normalized spacial score (nSPS) is 27.0. The van der Waals surface area contributed by atoms with Gasteiger partial charge in [-0.05, 0) is 60.9 Å². The summed E-state index contributed by atoms with van der Waals surface area (Å²) in [7, 11) is 1.65. The van der Waals surface area contributed by atoms with Crippen LogP contribution in [0.4, 0.5) is 0 Å². The van der Waals surface area contributed by atoms with Crippen LogP contribution in [0.15, 0.2) is 48.5 Å². The summed E-state index contributed by atoms with van der Waals surface area (Å²) >= 11 is 0. The molecule has 0 spiro atoms. The first-order valence-electron chi connectivity index (χ1n) is 12.4. The number of carbonyl (C=O) groups is 2. The fraction of sp³-hybridized carbons (Fsp3) is 0.429. The van der Waals surface area contributed by atoms with Crippen molar-refractivity contribution in [1.29, 1.82) is 0 Å². The first-order valence-corrected chi connectivity index (χ1v) is 12.4. The van der Waals surface area contributed by atoms with Crippen LogP contribution in [0.2, 0.25) is 0 Å². The SMILES string of the molecule is COc1cccc([C@H]2c3[nH]c4ccccc4c3C[C@H]3C(=O)N(C4CCC(C)CC4)CC(=O)N23)c1. The number of piperazine rings is 1. The van der Waals surface area contributed by atoms with E-state index in [-0.39, 0.29) is 30.4 Å². The van der Waals surface area contributed by atoms with Gasteiger partial charge in [-0.3, -0.25) is 9.59 Å². The number of H-pyrrole nitrogens is 1. The number of aromatic nitrogens is 1. The Balaban J connectivity index is 1.46. The maximum absolute atomic E-state index is 14.0. The number of ether oxygens (including phenoxy) is 1. The summed E-state index contributed by atoms with van der Waals surface area (Å²) in [5, 5.41) is 1.13. The summed E-state index contributed by atoms with van der Waals surface area (Å²) in [5.74, 6) is 1.57. The maximum Gasteiger partial charge on any atom is 0.246 e. The van der Waals surface area contributed by atoms with Crippen LogP contribution in [0.1, 0.15) is 55.5 Å². The lowest BCUT2D eigenvalue weighted by molar-refractivity contribution is -0.161. The predicted octanol–water partition coefficient (Wildman–Crippen LogP) is 4.44. The Morgan fingerprint density at radius 3 is 2.59 bits per heavy atom. The highest BCUT2D eigenvalue weighted by Gasteiger charge is 2.49. The number of methoxy groups -OCH3 is 1. The number of nitrogens with one attached hydrogen (secondary N) is 1. The van der Waals surface area contributed by atoms with Gasteiger partial charge in [0.2, 0.25) is 11.8 Å². The van der Waals surface area contributed by atoms with E-state index >= 15 is 0 Å². The molecule has 1 N–H and O–H groups in total. The number of para-hydroxylation sites is 1. The highest BCUT2D eigenvalue weighted by Crippen LogP contribution is 2.43. The van der Waals surface area contributed by atoms with Crippen LogP contribution in [0.5, 0.6) is 5.75 Å². The van der Waals surface area contributed by atoms with Gasteiger partial charge in [-0.25, -0.2) is 0 Å². The minimum absolute atomic E-state index is 0.0281. The Morgan fingerprint density at radius 2 is 1.79 bits per heavy atom. The number of nitrogens with zero attached hydrogens (tertiary/aromatic N) is 2. The number of amides is 2. The lowest BCUT2D eigenvalue weighted by Gasteiger charge is -2.49. The second-order valence-electron chi connectivity index (χ2n) is 10.1. The van der Waals surface area contributed by atoms with Crippen molar-refractivity contribution < 1.29 is 14.3 Å². The third kappa shape index (κ3) is 3.30. The molecule has 2 amide bonds. The van der Waals surface area contributed by atoms with Crippen molar-refractivity contribution in [1.82, 2.24) is 14.8 Å². The molecule has 0 bridgehead atoms. The van der Waals surface area contributed by atoms with Crippen LogP contribution < -0.4 is 4.74 Å². The van der Waals surface area contributed by atoms with Crippen molar-refractivity contribution >= 4 is 22.7 Å². The van der Waals surface area contributed by atoms with Gasteiger partial charge < -0.3 is 19.5 Å². The van der Waals surface area contributed by atoms with Crippen molar-refractivity contribution in [3.63, 3.8) is 0 Å². The molecule has 0 unspecified atom stereocenters. The number of rotatable bonds is 3. The summed E-state index contributed by atoms with van der Waals surface area (Å²) in [6, 6.07) is 15.4. The lowest BCUT2D eigenvalue weighted by Crippen LogP contribution is -2.65. The van der Waals surface area contributed by atoms with Gasteiger partial charge in [0.1, 0.15) is 18.3 Å². The first-order chi connectivity index (χ1) is 16.5. The quantitative estimate of drug-likeness (QED) is 0.632. The largest absolute Gasteiger partial charge is 0.497 e. The standard InChI is InChI=1S/C28H31N3O3/c1-17-10-12-19(13-11-17)30-16-25(32)31-24(28(30)33)15-22-21-8-3-4-9-23(21)29-26(22)27(31)18-6-5-7-20(14-18)34-2/h3-9,14,17,19,24,27,29H,10-13,15-16H2,1-2H3/t17?,19?,24-,27-/m0/s1. The molecule has 2 atom stereocenters. The van der Waals surface area contributed by atoms with Crippen molar-refractivity contribution in [3.8, 4) is 5.75 Å². The van der Waals surface area contributed by atoms with E-state index in [2.05, 4.69) is 24.0 Å². The van der Waals surface area contributed by atoms with Gasteiger partial charge in [0, 0.05) is 29.1 Å². The molecule has 1 aromatic heterocycles. The Labute approximate surface area is 199 Å². The molecule has 3 aromatic rings. The second kappa shape index (κ2) is 8.19. The van der Waals surface area contributed by atoms with Gasteiger partial charge in [0.05, 0.1) is 13.2 Å². The summed E-state index contributed by atoms with van der Waals surface area (Å²) in [4.78, 5) is 35.0. The number of fused-ring (bicyclic) bond motifs is 4. The van der Waals surface area contributed by atoms with Crippen LogP contribution in [0, 0.1) is 5.92 Å². The van der Waals surface area contributed by atoms with E-state index in [0.717, 1.165) is 59.2 Å². The summed E-state index contributed by atoms with van der Waals surface area (Å²) in [6.07, 6.45) is 4.77. The van der Waals surface area contributed by atoms with Gasteiger partial charge in [0.25, 0.3) is 0 Å². The molecule has 6 rings (SSSR count). The minimum Gasteiger partial charge on any atom is -0.497 e. The molecule has 2 aromatic carbocycles. The van der Waals surface area contributed by atoms with Crippen molar-refractivity contribution in [2.45, 2.75) is 57.2 Å². The van der Waals surface area contributed by atoms with E-state index in [9.17, 15) is 9.59 Å². The Hall–Kier alpha value is -3.28. The molecular formula is C28H31N3O3. The van der Waals surface area contributed by atoms with Crippen LogP contribution in [0.25, 0.3) is 10.9 Å². The fourth-order valence-electron chi connectivity index (χ4n) is 6.31. The maximum atomic E-state index is 14.0. The van der Waals surface area contributed by atoms with Crippen LogP contribution in [-0.2, 0) is 16.0 Å². The molecule has 6 heteroatoms. The molecule has 3 heterocycles. The lowest BCUT2D eigenvalue weighted by atomic mass is 9.83. The molecule has 3 aliphatic rings. The van der Waals surface area contributed by atoms with Crippen molar-refractivity contribution in [3.05, 3.63) is 65.4 Å². The van der Waals surface area contributed by atoms with E-state index in [1.54, 1.807) is 7.11 Å². The average Bonchev–Trinajstić information content (AvgIpc) is 3.24. The zero-order valence-corrected chi connectivity index (χ0v) is 19.8. The van der Waals surface area contributed by atoms with Gasteiger partial charge >= 0.3 is 0 Å². The highest BCUT2D eigenvalue weighted by molar-refractivity contribution is 5.97. The predicted molar refractivity (Wildman–Crippen MR) is 131 cm³/mol. The molecule has 2 aliphatic heterocycles. The van der Waals surface area contributed by atoms with Crippen LogP contribution >= 0.6 is 0 Å². The number of aromatic amines is 1. The third-order valence-electron chi connectivity index (χ3n) is 8.13. The molecule has 1 aliphatic carbocycles. The fourth-order valence-corrected chi connectivity index (χ4v) is 6.31. The van der Waals surface area contributed by atoms with Gasteiger partial charge in [-0.2, -0.15) is 0 Å². The minimum atomic E-state index is -0.483. The number of carbonyl (C=O) groups excluding carboxylic acids is 2. The molecular weight excluding hydrogens is 426 g/mol. The summed E-state index contributed by atoms with van der Waals surface area (Å²) in [5.41, 5.74) is 4.15. The summed E-state index contributed by atoms with van der Waals surface area (Å²) in [6.45, 7) is 2.45. The monoisotopic (exact) mass is 457 g/mol. The van der Waals surface area contributed by atoms with Gasteiger partial charge in [0.15, 0.2) is 0 Å².